The molecule has 0 unspecified atom stereocenters. The Morgan fingerprint density at radius 2 is 1.81 bits per heavy atom. The molecule has 138 valence electrons. The molecular weight excluding hydrogens is 344 g/mol. The van der Waals surface area contributed by atoms with Gasteiger partial charge < -0.3 is 20.1 Å². The third kappa shape index (κ3) is 4.76. The first-order valence-corrected chi connectivity index (χ1v) is 8.60. The van der Waals surface area contributed by atoms with Crippen LogP contribution in [0.25, 0.3) is 17.0 Å². The lowest BCUT2D eigenvalue weighted by molar-refractivity contribution is 0.0691. The number of fused-ring (bicyclic) bond motifs is 1. The SMILES string of the molecule is O=C(NCCC=Cc1c(C(=O)O)[nH]c2ccccc12)OCc1ccccc1. The smallest absolute Gasteiger partial charge is 0.407 e. The van der Waals surface area contributed by atoms with Gasteiger partial charge in [-0.15, -0.1) is 0 Å². The van der Waals surface area contributed by atoms with Crippen molar-refractivity contribution in [2.24, 2.45) is 0 Å². The van der Waals surface area contributed by atoms with Gasteiger partial charge in [-0.2, -0.15) is 0 Å². The molecule has 1 aromatic heterocycles. The number of carboxylic acid groups (broad SMARTS) is 1. The summed E-state index contributed by atoms with van der Waals surface area (Å²) >= 11 is 0. The molecule has 3 N–H and O–H groups in total. The number of hydrogen-bond acceptors (Lipinski definition) is 3. The zero-order valence-corrected chi connectivity index (χ0v) is 14.6. The Balaban J connectivity index is 1.51. The van der Waals surface area contributed by atoms with Crippen LogP contribution >= 0.6 is 0 Å². The summed E-state index contributed by atoms with van der Waals surface area (Å²) < 4.78 is 5.13. The van der Waals surface area contributed by atoms with E-state index in [2.05, 4.69) is 10.3 Å². The number of carbonyl (C=O) groups is 2. The highest BCUT2D eigenvalue weighted by molar-refractivity contribution is 6.01. The zero-order valence-electron chi connectivity index (χ0n) is 14.6. The van der Waals surface area contributed by atoms with Crippen molar-refractivity contribution in [3.63, 3.8) is 0 Å². The topological polar surface area (TPSA) is 91.4 Å². The van der Waals surface area contributed by atoms with E-state index in [9.17, 15) is 14.7 Å². The van der Waals surface area contributed by atoms with Crippen molar-refractivity contribution in [1.29, 1.82) is 0 Å². The normalized spacial score (nSPS) is 11.0. The molecule has 1 heterocycles. The Morgan fingerprint density at radius 1 is 1.07 bits per heavy atom. The van der Waals surface area contributed by atoms with Gasteiger partial charge in [0.15, 0.2) is 0 Å². The number of rotatable bonds is 7. The lowest BCUT2D eigenvalue weighted by Crippen LogP contribution is -2.24. The van der Waals surface area contributed by atoms with E-state index in [0.717, 1.165) is 16.5 Å². The Labute approximate surface area is 156 Å². The van der Waals surface area contributed by atoms with Crippen molar-refractivity contribution in [3.05, 3.63) is 77.5 Å². The molecule has 0 spiro atoms. The molecule has 2 aromatic carbocycles. The third-order valence-corrected chi connectivity index (χ3v) is 4.04. The van der Waals surface area contributed by atoms with Crippen LogP contribution in [0.3, 0.4) is 0 Å². The lowest BCUT2D eigenvalue weighted by atomic mass is 10.1. The summed E-state index contributed by atoms with van der Waals surface area (Å²) in [5.41, 5.74) is 2.48. The van der Waals surface area contributed by atoms with Gasteiger partial charge in [0.25, 0.3) is 0 Å². The fourth-order valence-electron chi connectivity index (χ4n) is 2.74. The van der Waals surface area contributed by atoms with Gasteiger partial charge in [0.05, 0.1) is 0 Å². The molecule has 6 heteroatoms. The van der Waals surface area contributed by atoms with E-state index in [4.69, 9.17) is 4.74 Å². The summed E-state index contributed by atoms with van der Waals surface area (Å²) in [6.07, 6.45) is 3.67. The first kappa shape index (κ1) is 18.3. The van der Waals surface area contributed by atoms with Crippen LogP contribution in [0.5, 0.6) is 0 Å². The number of H-pyrrole nitrogens is 1. The van der Waals surface area contributed by atoms with Gasteiger partial charge in [0, 0.05) is 23.0 Å². The molecule has 3 aromatic rings. The van der Waals surface area contributed by atoms with E-state index in [1.807, 2.05) is 60.7 Å². The third-order valence-electron chi connectivity index (χ3n) is 4.04. The van der Waals surface area contributed by atoms with E-state index in [1.165, 1.54) is 0 Å². The predicted octanol–water partition coefficient (Wildman–Crippen LogP) is 4.20. The zero-order chi connectivity index (χ0) is 19.1. The molecule has 0 aliphatic heterocycles. The van der Waals surface area contributed by atoms with Gasteiger partial charge in [0.2, 0.25) is 0 Å². The molecule has 0 saturated carbocycles. The molecule has 0 aliphatic carbocycles. The molecule has 0 saturated heterocycles. The summed E-state index contributed by atoms with van der Waals surface area (Å²) in [6, 6.07) is 16.9. The maximum absolute atomic E-state index is 11.7. The summed E-state index contributed by atoms with van der Waals surface area (Å²) in [4.78, 5) is 26.0. The van der Waals surface area contributed by atoms with E-state index in [1.54, 1.807) is 6.08 Å². The number of para-hydroxylation sites is 1. The Hall–Kier alpha value is -3.54. The number of aromatic carboxylic acids is 1. The van der Waals surface area contributed by atoms with Crippen molar-refractivity contribution in [1.82, 2.24) is 10.3 Å². The minimum Gasteiger partial charge on any atom is -0.477 e. The van der Waals surface area contributed by atoms with Crippen molar-refractivity contribution in [2.75, 3.05) is 6.54 Å². The number of aromatic amines is 1. The van der Waals surface area contributed by atoms with Crippen LogP contribution in [0.2, 0.25) is 0 Å². The molecule has 1 amide bonds. The number of carbonyl (C=O) groups excluding carboxylic acids is 1. The van der Waals surface area contributed by atoms with Crippen LogP contribution in [-0.2, 0) is 11.3 Å². The first-order valence-electron chi connectivity index (χ1n) is 8.60. The van der Waals surface area contributed by atoms with Gasteiger partial charge in [-0.1, -0.05) is 60.7 Å². The fraction of sp³-hybridized carbons (Fsp3) is 0.143. The second-order valence-corrected chi connectivity index (χ2v) is 5.94. The van der Waals surface area contributed by atoms with E-state index in [-0.39, 0.29) is 12.3 Å². The Bertz CT molecular complexity index is 961. The summed E-state index contributed by atoms with van der Waals surface area (Å²) in [7, 11) is 0. The molecule has 0 atom stereocenters. The average molecular weight is 364 g/mol. The van der Waals surface area contributed by atoms with Gasteiger partial charge in [0.1, 0.15) is 12.3 Å². The minimum atomic E-state index is -1.01. The van der Waals surface area contributed by atoms with E-state index >= 15 is 0 Å². The van der Waals surface area contributed by atoms with Crippen LogP contribution in [-0.4, -0.2) is 28.7 Å². The largest absolute Gasteiger partial charge is 0.477 e. The molecule has 27 heavy (non-hydrogen) atoms. The van der Waals surface area contributed by atoms with Crippen LogP contribution in [0.4, 0.5) is 4.79 Å². The van der Waals surface area contributed by atoms with Gasteiger partial charge >= 0.3 is 12.1 Å². The summed E-state index contributed by atoms with van der Waals surface area (Å²) in [5.74, 6) is -1.01. The average Bonchev–Trinajstić information content (AvgIpc) is 3.06. The Morgan fingerprint density at radius 3 is 2.59 bits per heavy atom. The van der Waals surface area contributed by atoms with Crippen LogP contribution in [0.15, 0.2) is 60.7 Å². The number of alkyl carbamates (subject to hydrolysis) is 1. The van der Waals surface area contributed by atoms with Crippen LogP contribution in [0, 0.1) is 0 Å². The molecule has 6 nitrogen and oxygen atoms in total. The fourth-order valence-corrected chi connectivity index (χ4v) is 2.74. The first-order chi connectivity index (χ1) is 13.1. The van der Waals surface area contributed by atoms with Gasteiger partial charge in [-0.3, -0.25) is 0 Å². The van der Waals surface area contributed by atoms with Crippen molar-refractivity contribution >= 4 is 29.0 Å². The number of carboxylic acids is 1. The quantitative estimate of drug-likeness (QED) is 0.548. The van der Waals surface area contributed by atoms with Gasteiger partial charge in [-0.25, -0.2) is 9.59 Å². The minimum absolute atomic E-state index is 0.155. The van der Waals surface area contributed by atoms with Crippen molar-refractivity contribution < 1.29 is 19.4 Å². The van der Waals surface area contributed by atoms with Crippen LogP contribution < -0.4 is 5.32 Å². The van der Waals surface area contributed by atoms with Gasteiger partial charge in [-0.05, 0) is 18.1 Å². The monoisotopic (exact) mass is 364 g/mol. The second-order valence-electron chi connectivity index (χ2n) is 5.94. The molecule has 3 rings (SSSR count). The highest BCUT2D eigenvalue weighted by Crippen LogP contribution is 2.23. The summed E-state index contributed by atoms with van der Waals surface area (Å²) in [5, 5.41) is 12.9. The highest BCUT2D eigenvalue weighted by atomic mass is 16.5. The summed E-state index contributed by atoms with van der Waals surface area (Å²) in [6.45, 7) is 0.620. The number of benzene rings is 2. The molecular formula is C21H20N2O4. The maximum Gasteiger partial charge on any atom is 0.407 e. The number of aromatic nitrogens is 1. The van der Waals surface area contributed by atoms with Crippen molar-refractivity contribution in [3.8, 4) is 0 Å². The molecule has 0 fully saturated rings. The number of amides is 1. The van der Waals surface area contributed by atoms with E-state index < -0.39 is 12.1 Å². The van der Waals surface area contributed by atoms with E-state index in [0.29, 0.717) is 18.5 Å². The molecule has 0 bridgehead atoms. The molecule has 0 aliphatic rings. The number of hydrogen-bond donors (Lipinski definition) is 3. The predicted molar refractivity (Wildman–Crippen MR) is 104 cm³/mol. The standard InChI is InChI=1S/C21H20N2O4/c24-20(25)19-17(16-10-4-5-12-18(16)23-19)11-6-7-13-22-21(26)27-14-15-8-2-1-3-9-15/h1-6,8-12,23H,7,13-14H2,(H,22,26)(H,24,25). The maximum atomic E-state index is 11.7. The number of ether oxygens (including phenoxy) is 1. The number of nitrogens with one attached hydrogen (secondary N) is 2. The Kier molecular flexibility index (Phi) is 5.89. The van der Waals surface area contributed by atoms with Crippen LogP contribution in [0.1, 0.15) is 28.0 Å². The molecule has 0 radical (unpaired) electrons. The second kappa shape index (κ2) is 8.71. The lowest BCUT2D eigenvalue weighted by Gasteiger charge is -2.05. The highest BCUT2D eigenvalue weighted by Gasteiger charge is 2.14. The van der Waals surface area contributed by atoms with Crippen molar-refractivity contribution in [2.45, 2.75) is 13.0 Å².